The minimum absolute atomic E-state index is 0.505. The van der Waals surface area contributed by atoms with E-state index in [0.717, 1.165) is 6.61 Å². The lowest BCUT2D eigenvalue weighted by atomic mass is 10.2. The molecule has 0 rings (SSSR count). The highest BCUT2D eigenvalue weighted by Gasteiger charge is 1.93. The van der Waals surface area contributed by atoms with Gasteiger partial charge < -0.3 is 10.5 Å². The average Bonchev–Trinajstić information content (AvgIpc) is 1.93. The maximum Gasteiger partial charge on any atom is 0.0499 e. The van der Waals surface area contributed by atoms with Crippen LogP contribution in [0.1, 0.15) is 20.8 Å². The van der Waals surface area contributed by atoms with Crippen LogP contribution in [0, 0.1) is 5.92 Å². The second-order valence-corrected chi connectivity index (χ2v) is 1.80. The summed E-state index contributed by atoms with van der Waals surface area (Å²) in [6.45, 7) is 7.55. The predicted molar refractivity (Wildman–Crippen MR) is 41.4 cm³/mol. The Hall–Kier alpha value is -0.0800. The SMILES string of the molecule is CC.COCC(C)CN. The average molecular weight is 133 g/mol. The van der Waals surface area contributed by atoms with Crippen LogP contribution in [0.4, 0.5) is 0 Å². The van der Waals surface area contributed by atoms with Crippen molar-refractivity contribution < 1.29 is 4.74 Å². The van der Waals surface area contributed by atoms with E-state index in [0.29, 0.717) is 12.5 Å². The lowest BCUT2D eigenvalue weighted by molar-refractivity contribution is 0.162. The van der Waals surface area contributed by atoms with Gasteiger partial charge in [-0.05, 0) is 12.5 Å². The second-order valence-electron chi connectivity index (χ2n) is 1.80. The molecule has 0 fully saturated rings. The van der Waals surface area contributed by atoms with Crippen molar-refractivity contribution >= 4 is 0 Å². The summed E-state index contributed by atoms with van der Waals surface area (Å²) in [6.07, 6.45) is 0. The fourth-order valence-electron chi connectivity index (χ4n) is 0.353. The normalized spacial score (nSPS) is 11.7. The molecule has 0 radical (unpaired) electrons. The third-order valence-corrected chi connectivity index (χ3v) is 0.854. The van der Waals surface area contributed by atoms with E-state index in [1.807, 2.05) is 13.8 Å². The van der Waals surface area contributed by atoms with Crippen molar-refractivity contribution in [3.8, 4) is 0 Å². The molecule has 0 saturated heterocycles. The van der Waals surface area contributed by atoms with Gasteiger partial charge in [0.15, 0.2) is 0 Å². The Balaban J connectivity index is 0. The van der Waals surface area contributed by atoms with Crippen LogP contribution in [-0.2, 0) is 4.74 Å². The van der Waals surface area contributed by atoms with Crippen molar-refractivity contribution in [3.05, 3.63) is 0 Å². The van der Waals surface area contributed by atoms with Crippen LogP contribution in [-0.4, -0.2) is 20.3 Å². The zero-order valence-electron chi connectivity index (χ0n) is 6.98. The number of hydrogen-bond acceptors (Lipinski definition) is 2. The van der Waals surface area contributed by atoms with Gasteiger partial charge >= 0.3 is 0 Å². The summed E-state index contributed by atoms with van der Waals surface area (Å²) >= 11 is 0. The van der Waals surface area contributed by atoms with Gasteiger partial charge in [-0.1, -0.05) is 20.8 Å². The third kappa shape index (κ3) is 11.5. The van der Waals surface area contributed by atoms with Crippen molar-refractivity contribution in [2.24, 2.45) is 11.7 Å². The van der Waals surface area contributed by atoms with Crippen LogP contribution in [0.3, 0.4) is 0 Å². The molecule has 2 nitrogen and oxygen atoms in total. The van der Waals surface area contributed by atoms with Gasteiger partial charge in [-0.2, -0.15) is 0 Å². The topological polar surface area (TPSA) is 35.2 Å². The molecule has 9 heavy (non-hydrogen) atoms. The van der Waals surface area contributed by atoms with Crippen molar-refractivity contribution in [2.45, 2.75) is 20.8 Å². The summed E-state index contributed by atoms with van der Waals surface area (Å²) in [5.41, 5.74) is 5.28. The van der Waals surface area contributed by atoms with Crippen molar-refractivity contribution in [1.29, 1.82) is 0 Å². The largest absolute Gasteiger partial charge is 0.384 e. The summed E-state index contributed by atoms with van der Waals surface area (Å²) < 4.78 is 4.81. The zero-order chi connectivity index (χ0) is 7.70. The van der Waals surface area contributed by atoms with Crippen LogP contribution >= 0.6 is 0 Å². The smallest absolute Gasteiger partial charge is 0.0499 e. The quantitative estimate of drug-likeness (QED) is 0.629. The van der Waals surface area contributed by atoms with E-state index in [4.69, 9.17) is 10.5 Å². The van der Waals surface area contributed by atoms with E-state index in [9.17, 15) is 0 Å². The van der Waals surface area contributed by atoms with Crippen LogP contribution in [0.15, 0.2) is 0 Å². The van der Waals surface area contributed by atoms with Gasteiger partial charge in [0, 0.05) is 13.7 Å². The molecular formula is C7H19NO. The zero-order valence-corrected chi connectivity index (χ0v) is 6.98. The second kappa shape index (κ2) is 10.8. The predicted octanol–water partition coefficient (Wildman–Crippen LogP) is 1.25. The molecule has 0 aliphatic carbocycles. The van der Waals surface area contributed by atoms with Gasteiger partial charge in [0.2, 0.25) is 0 Å². The van der Waals surface area contributed by atoms with E-state index in [2.05, 4.69) is 6.92 Å². The standard InChI is InChI=1S/C5H13NO.C2H6/c1-5(3-6)4-7-2;1-2/h5H,3-4,6H2,1-2H3;1-2H3. The molecule has 1 unspecified atom stereocenters. The molecule has 0 spiro atoms. The van der Waals surface area contributed by atoms with Gasteiger partial charge in [-0.3, -0.25) is 0 Å². The summed E-state index contributed by atoms with van der Waals surface area (Å²) in [6, 6.07) is 0. The molecule has 58 valence electrons. The first-order valence-electron chi connectivity index (χ1n) is 3.50. The maximum absolute atomic E-state index is 5.28. The highest BCUT2D eigenvalue weighted by molar-refractivity contribution is 4.47. The Labute approximate surface area is 58.4 Å². The number of rotatable bonds is 3. The lowest BCUT2D eigenvalue weighted by Crippen LogP contribution is -2.15. The Morgan fingerprint density at radius 2 is 1.89 bits per heavy atom. The fraction of sp³-hybridized carbons (Fsp3) is 1.00. The molecule has 0 aromatic heterocycles. The molecule has 0 aliphatic rings. The first-order chi connectivity index (χ1) is 4.31. The van der Waals surface area contributed by atoms with Crippen molar-refractivity contribution in [1.82, 2.24) is 0 Å². The van der Waals surface area contributed by atoms with E-state index in [1.165, 1.54) is 0 Å². The Morgan fingerprint density at radius 1 is 1.44 bits per heavy atom. The molecule has 0 saturated carbocycles. The number of ether oxygens (including phenoxy) is 1. The Bertz CT molecular complexity index is 39.9. The molecule has 0 amide bonds. The van der Waals surface area contributed by atoms with Gasteiger partial charge in [0.05, 0.1) is 0 Å². The van der Waals surface area contributed by atoms with Crippen LogP contribution < -0.4 is 5.73 Å². The van der Waals surface area contributed by atoms with Crippen molar-refractivity contribution in [2.75, 3.05) is 20.3 Å². The Morgan fingerprint density at radius 3 is 2.00 bits per heavy atom. The summed E-state index contributed by atoms with van der Waals surface area (Å²) in [5, 5.41) is 0. The highest BCUT2D eigenvalue weighted by atomic mass is 16.5. The first-order valence-corrected chi connectivity index (χ1v) is 3.50. The fourth-order valence-corrected chi connectivity index (χ4v) is 0.353. The minimum Gasteiger partial charge on any atom is -0.384 e. The van der Waals surface area contributed by atoms with E-state index in [1.54, 1.807) is 7.11 Å². The molecule has 2 heteroatoms. The molecule has 0 bridgehead atoms. The minimum atomic E-state index is 0.505. The first kappa shape index (κ1) is 11.7. The lowest BCUT2D eigenvalue weighted by Gasteiger charge is -2.03. The van der Waals surface area contributed by atoms with Crippen LogP contribution in [0.25, 0.3) is 0 Å². The van der Waals surface area contributed by atoms with Gasteiger partial charge in [0.25, 0.3) is 0 Å². The highest BCUT2D eigenvalue weighted by Crippen LogP contribution is 1.88. The van der Waals surface area contributed by atoms with Crippen LogP contribution in [0.5, 0.6) is 0 Å². The number of nitrogens with two attached hydrogens (primary N) is 1. The Kier molecular flexibility index (Phi) is 14.0. The summed E-state index contributed by atoms with van der Waals surface area (Å²) in [7, 11) is 1.69. The molecule has 0 aromatic carbocycles. The molecule has 0 heterocycles. The molecule has 0 aromatic rings. The molecule has 1 atom stereocenters. The monoisotopic (exact) mass is 133 g/mol. The van der Waals surface area contributed by atoms with E-state index >= 15 is 0 Å². The van der Waals surface area contributed by atoms with Gasteiger partial charge in [-0.15, -0.1) is 0 Å². The van der Waals surface area contributed by atoms with Crippen LogP contribution in [0.2, 0.25) is 0 Å². The van der Waals surface area contributed by atoms with Gasteiger partial charge in [0.1, 0.15) is 0 Å². The van der Waals surface area contributed by atoms with E-state index in [-0.39, 0.29) is 0 Å². The van der Waals surface area contributed by atoms with Gasteiger partial charge in [-0.25, -0.2) is 0 Å². The number of hydrogen-bond donors (Lipinski definition) is 1. The maximum atomic E-state index is 5.28. The summed E-state index contributed by atoms with van der Waals surface area (Å²) in [4.78, 5) is 0. The number of methoxy groups -OCH3 is 1. The van der Waals surface area contributed by atoms with Crippen molar-refractivity contribution in [3.63, 3.8) is 0 Å². The molecule has 2 N–H and O–H groups in total. The summed E-state index contributed by atoms with van der Waals surface area (Å²) in [5.74, 6) is 0.505. The molecular weight excluding hydrogens is 114 g/mol. The van der Waals surface area contributed by atoms with E-state index < -0.39 is 0 Å². The third-order valence-electron chi connectivity index (χ3n) is 0.854. The molecule has 0 aliphatic heterocycles.